The summed E-state index contributed by atoms with van der Waals surface area (Å²) in [5, 5.41) is 46.5. The van der Waals surface area contributed by atoms with E-state index in [4.69, 9.17) is 22.2 Å². The molecule has 1 saturated carbocycles. The van der Waals surface area contributed by atoms with E-state index in [2.05, 4.69) is 20.9 Å². The highest BCUT2D eigenvalue weighted by molar-refractivity contribution is 8.02. The van der Waals surface area contributed by atoms with Gasteiger partial charge in [0.05, 0.1) is 23.7 Å². The number of rotatable bonds is 10. The lowest BCUT2D eigenvalue weighted by Gasteiger charge is -2.41. The predicted molar refractivity (Wildman–Crippen MR) is 165 cm³/mol. The molecule has 4 heterocycles. The third kappa shape index (κ3) is 5.22. The van der Waals surface area contributed by atoms with Crippen molar-refractivity contribution < 1.29 is 54.0 Å². The molecular formula is C26H25ClN8O11S2. The van der Waals surface area contributed by atoms with Crippen LogP contribution in [0.15, 0.2) is 22.7 Å². The molecule has 0 bridgehead atoms. The highest BCUT2D eigenvalue weighted by Crippen LogP contribution is 2.49. The van der Waals surface area contributed by atoms with Crippen LogP contribution < -0.4 is 16.5 Å². The summed E-state index contributed by atoms with van der Waals surface area (Å²) in [6.45, 7) is -0.777. The second-order valence-corrected chi connectivity index (χ2v) is 13.8. The first kappa shape index (κ1) is 32.9. The average Bonchev–Trinajstić information content (AvgIpc) is 3.71. The fourth-order valence-corrected chi connectivity index (χ4v) is 7.91. The predicted octanol–water partition coefficient (Wildman–Crippen LogP) is -0.219. The molecule has 1 aromatic carbocycles. The Bertz CT molecular complexity index is 1800. The number of thiazole rings is 1. The molecule has 19 nitrogen and oxygen atoms in total. The van der Waals surface area contributed by atoms with Crippen LogP contribution in [-0.4, -0.2) is 123 Å². The molecule has 4 aliphatic rings. The van der Waals surface area contributed by atoms with E-state index in [1.54, 1.807) is 0 Å². The standard InChI is InChI=1S/C26H25ClN8O11S2/c27-13-10(2-3-12(36)16(13)37)17(38)31-35-7-6-34(24(35)45)26(22(43)44)9-33-19(40)15(20(33)48-26)30-18(39)14(11-8-47-23(28)29-11)32-46-25(21(41)42)4-1-5-25/h2-3,8,15,20,36-37H,1,4-7,9H2,(H2,28,29)(H,30,39)(H,31,38)(H,41,42)(H,43,44)/b32-14-/t15?,20-,26-/m1/s1. The summed E-state index contributed by atoms with van der Waals surface area (Å²) >= 11 is 7.66. The van der Waals surface area contributed by atoms with E-state index in [0.717, 1.165) is 45.1 Å². The summed E-state index contributed by atoms with van der Waals surface area (Å²) in [7, 11) is 0. The molecule has 254 valence electrons. The molecule has 22 heteroatoms. The number of hydrogen-bond donors (Lipinski definition) is 7. The Labute approximate surface area is 282 Å². The van der Waals surface area contributed by atoms with E-state index in [9.17, 15) is 49.2 Å². The van der Waals surface area contributed by atoms with E-state index in [1.165, 1.54) is 10.3 Å². The Morgan fingerprint density at radius 3 is 2.46 bits per heavy atom. The highest BCUT2D eigenvalue weighted by Gasteiger charge is 2.66. The van der Waals surface area contributed by atoms with Crippen molar-refractivity contribution in [2.45, 2.75) is 41.2 Å². The van der Waals surface area contributed by atoms with Gasteiger partial charge in [-0.2, -0.15) is 0 Å². The number of nitrogen functional groups attached to an aromatic ring is 1. The van der Waals surface area contributed by atoms with Crippen molar-refractivity contribution in [3.05, 3.63) is 33.8 Å². The number of aliphatic carboxylic acids is 2. The molecule has 0 radical (unpaired) electrons. The summed E-state index contributed by atoms with van der Waals surface area (Å²) in [5.41, 5.74) is 5.64. The van der Waals surface area contributed by atoms with Crippen molar-refractivity contribution in [3.8, 4) is 11.5 Å². The monoisotopic (exact) mass is 724 g/mol. The van der Waals surface area contributed by atoms with E-state index >= 15 is 0 Å². The van der Waals surface area contributed by atoms with E-state index in [0.29, 0.717) is 6.42 Å². The Balaban J connectivity index is 1.17. The third-order valence-corrected chi connectivity index (χ3v) is 11.1. The van der Waals surface area contributed by atoms with Gasteiger partial charge in [-0.15, -0.1) is 11.3 Å². The third-order valence-electron chi connectivity index (χ3n) is 8.33. The van der Waals surface area contributed by atoms with Crippen LogP contribution in [0.5, 0.6) is 11.5 Å². The number of hydrazine groups is 1. The minimum absolute atomic E-state index is 0.0361. The maximum atomic E-state index is 13.4. The fraction of sp³-hybridized carbons (Fsp3) is 0.385. The molecule has 3 saturated heterocycles. The SMILES string of the molecule is Nc1nc(/C(=N/OC2(C(=O)O)CCC2)C(=O)NC2C(=O)N3C[C@@](C(=O)O)(N4CCN(NC(=O)c5ccc(O)c(O)c5Cl)C4=O)S[C@H]23)cs1. The van der Waals surface area contributed by atoms with Crippen molar-refractivity contribution in [2.75, 3.05) is 25.4 Å². The first-order chi connectivity index (χ1) is 22.7. The molecular weight excluding hydrogens is 700 g/mol. The quantitative estimate of drug-likeness (QED) is 0.0722. The lowest BCUT2D eigenvalue weighted by Crippen LogP contribution is -2.68. The Morgan fingerprint density at radius 1 is 1.12 bits per heavy atom. The lowest BCUT2D eigenvalue weighted by atomic mass is 9.80. The molecule has 8 N–H and O–H groups in total. The van der Waals surface area contributed by atoms with Gasteiger partial charge in [-0.3, -0.25) is 24.7 Å². The number of fused-ring (bicyclic) bond motifs is 1. The number of oxime groups is 1. The number of anilines is 1. The lowest BCUT2D eigenvalue weighted by molar-refractivity contribution is -0.178. The number of hydrogen-bond acceptors (Lipinski definition) is 14. The number of carbonyl (C=O) groups is 6. The number of β-lactam (4-membered cyclic amide) rings is 1. The molecule has 4 fully saturated rings. The minimum Gasteiger partial charge on any atom is -0.504 e. The van der Waals surface area contributed by atoms with Crippen LogP contribution in [0.25, 0.3) is 0 Å². The maximum absolute atomic E-state index is 13.4. The number of urea groups is 1. The molecule has 1 aromatic heterocycles. The van der Waals surface area contributed by atoms with Gasteiger partial charge in [-0.1, -0.05) is 28.5 Å². The van der Waals surface area contributed by atoms with Gasteiger partial charge in [0.2, 0.25) is 16.4 Å². The number of nitrogens with zero attached hydrogens (tertiary/aromatic N) is 5. The summed E-state index contributed by atoms with van der Waals surface area (Å²) in [5.74, 6) is -6.57. The van der Waals surface area contributed by atoms with Crippen LogP contribution >= 0.6 is 34.7 Å². The number of aromatic nitrogens is 1. The van der Waals surface area contributed by atoms with Crippen molar-refractivity contribution in [1.82, 2.24) is 30.5 Å². The van der Waals surface area contributed by atoms with Gasteiger partial charge in [0.25, 0.3) is 11.8 Å². The molecule has 48 heavy (non-hydrogen) atoms. The molecule has 5 amide bonds. The normalized spacial score (nSPS) is 24.4. The van der Waals surface area contributed by atoms with Gasteiger partial charge >= 0.3 is 18.0 Å². The van der Waals surface area contributed by atoms with Crippen LogP contribution in [0.3, 0.4) is 0 Å². The van der Waals surface area contributed by atoms with Crippen LogP contribution in [0.1, 0.15) is 35.3 Å². The Hall–Kier alpha value is -5.02. The number of benzene rings is 1. The Kier molecular flexibility index (Phi) is 8.15. The number of amides is 5. The first-order valence-corrected chi connectivity index (χ1v) is 16.2. The number of carbonyl (C=O) groups excluding carboxylic acids is 4. The van der Waals surface area contributed by atoms with Gasteiger partial charge in [-0.25, -0.2) is 24.4 Å². The van der Waals surface area contributed by atoms with Gasteiger partial charge < -0.3 is 41.2 Å². The first-order valence-electron chi connectivity index (χ1n) is 14.0. The van der Waals surface area contributed by atoms with Crippen molar-refractivity contribution in [2.24, 2.45) is 5.16 Å². The second-order valence-electron chi connectivity index (χ2n) is 11.1. The molecule has 3 aliphatic heterocycles. The number of phenols is 2. The van der Waals surface area contributed by atoms with Crippen LogP contribution in [0.4, 0.5) is 9.93 Å². The zero-order valence-electron chi connectivity index (χ0n) is 24.3. The van der Waals surface area contributed by atoms with E-state index < -0.39 is 86.4 Å². The molecule has 6 rings (SSSR count). The molecule has 1 unspecified atom stereocenters. The average molecular weight is 725 g/mol. The molecule has 1 aliphatic carbocycles. The van der Waals surface area contributed by atoms with Gasteiger partial charge in [0, 0.05) is 24.8 Å². The van der Waals surface area contributed by atoms with Crippen LogP contribution in [-0.2, 0) is 24.0 Å². The van der Waals surface area contributed by atoms with Gasteiger partial charge in [0.15, 0.2) is 22.3 Å². The topological polar surface area (TPSA) is 278 Å². The number of nitrogens with two attached hydrogens (primary N) is 1. The number of nitrogens with one attached hydrogen (secondary N) is 2. The van der Waals surface area contributed by atoms with Crippen molar-refractivity contribution >= 4 is 81.2 Å². The number of halogens is 1. The van der Waals surface area contributed by atoms with Crippen LogP contribution in [0, 0.1) is 0 Å². The number of aromatic hydroxyl groups is 2. The molecule has 3 atom stereocenters. The number of carboxylic acids is 2. The maximum Gasteiger partial charge on any atom is 0.350 e. The number of thioether (sulfide) groups is 1. The van der Waals surface area contributed by atoms with Crippen molar-refractivity contribution in [1.29, 1.82) is 0 Å². The number of phenolic OH excluding ortho intramolecular Hbond substituents is 2. The summed E-state index contributed by atoms with van der Waals surface area (Å²) < 4.78 is 0. The zero-order chi connectivity index (χ0) is 34.7. The van der Waals surface area contributed by atoms with Crippen LogP contribution in [0.2, 0.25) is 5.02 Å². The summed E-state index contributed by atoms with van der Waals surface area (Å²) in [6, 6.07) is -0.0390. The molecule has 0 spiro atoms. The molecule has 2 aromatic rings. The zero-order valence-corrected chi connectivity index (χ0v) is 26.7. The van der Waals surface area contributed by atoms with E-state index in [1.807, 2.05) is 0 Å². The smallest absolute Gasteiger partial charge is 0.350 e. The summed E-state index contributed by atoms with van der Waals surface area (Å²) in [4.78, 5) is 86.7. The fourth-order valence-electron chi connectivity index (χ4n) is 5.48. The largest absolute Gasteiger partial charge is 0.504 e. The van der Waals surface area contributed by atoms with E-state index in [-0.39, 0.29) is 42.3 Å². The van der Waals surface area contributed by atoms with Gasteiger partial charge in [-0.05, 0) is 18.6 Å². The highest BCUT2D eigenvalue weighted by atomic mass is 35.5. The minimum atomic E-state index is -2.01. The second kappa shape index (κ2) is 11.9. The van der Waals surface area contributed by atoms with Gasteiger partial charge in [0.1, 0.15) is 17.1 Å². The summed E-state index contributed by atoms with van der Waals surface area (Å²) in [6.07, 6.45) is 0.900. The van der Waals surface area contributed by atoms with Crippen molar-refractivity contribution in [3.63, 3.8) is 0 Å². The Morgan fingerprint density at radius 2 is 1.85 bits per heavy atom. The number of carboxylic acid groups (broad SMARTS) is 2.